The molecule has 0 saturated carbocycles. The molecule has 1 aromatic heterocycles. The van der Waals surface area contributed by atoms with Gasteiger partial charge in [-0.3, -0.25) is 4.79 Å². The highest BCUT2D eigenvalue weighted by Gasteiger charge is 2.14. The lowest BCUT2D eigenvalue weighted by atomic mass is 10.2. The van der Waals surface area contributed by atoms with E-state index in [1.807, 2.05) is 30.3 Å². The molecule has 0 aliphatic rings. The van der Waals surface area contributed by atoms with Crippen molar-refractivity contribution in [1.29, 1.82) is 0 Å². The molecule has 0 fully saturated rings. The number of carbonyl (C=O) groups is 1. The number of hydrogen-bond acceptors (Lipinski definition) is 5. The van der Waals surface area contributed by atoms with Crippen LogP contribution in [0.2, 0.25) is 0 Å². The fourth-order valence-electron chi connectivity index (χ4n) is 1.35. The second-order valence-corrected chi connectivity index (χ2v) is 4.12. The smallest absolute Gasteiger partial charge is 0.274 e. The molecule has 17 heavy (non-hydrogen) atoms. The lowest BCUT2D eigenvalue weighted by molar-refractivity contribution is 0.0959. The summed E-state index contributed by atoms with van der Waals surface area (Å²) in [4.78, 5) is 11.5. The number of benzene rings is 1. The van der Waals surface area contributed by atoms with E-state index < -0.39 is 0 Å². The number of anilines is 1. The van der Waals surface area contributed by atoms with Gasteiger partial charge in [0.25, 0.3) is 5.91 Å². The number of aromatic nitrogens is 2. The Morgan fingerprint density at radius 2 is 2.12 bits per heavy atom. The summed E-state index contributed by atoms with van der Waals surface area (Å²) in [6.45, 7) is 0.648. The molecular weight excluding hydrogens is 236 g/mol. The maximum absolute atomic E-state index is 11.5. The van der Waals surface area contributed by atoms with E-state index in [0.29, 0.717) is 17.2 Å². The van der Waals surface area contributed by atoms with E-state index in [2.05, 4.69) is 20.2 Å². The summed E-state index contributed by atoms with van der Waals surface area (Å²) in [5, 5.41) is 10.2. The molecule has 0 aliphatic heterocycles. The van der Waals surface area contributed by atoms with Crippen molar-refractivity contribution in [2.45, 2.75) is 6.54 Å². The first-order valence-corrected chi connectivity index (χ1v) is 5.91. The SMILES string of the molecule is CNC(=O)c1nnsc1NCc1ccccc1. The molecule has 0 bridgehead atoms. The molecule has 2 aromatic rings. The van der Waals surface area contributed by atoms with Gasteiger partial charge in [0, 0.05) is 25.1 Å². The number of amides is 1. The molecule has 2 N–H and O–H groups in total. The first-order valence-electron chi connectivity index (χ1n) is 5.13. The molecular formula is C11H12N4OS. The first kappa shape index (κ1) is 11.5. The minimum absolute atomic E-state index is 0.227. The van der Waals surface area contributed by atoms with Gasteiger partial charge < -0.3 is 10.6 Å². The zero-order chi connectivity index (χ0) is 12.1. The largest absolute Gasteiger partial charge is 0.370 e. The zero-order valence-electron chi connectivity index (χ0n) is 9.30. The molecule has 1 heterocycles. The Bertz CT molecular complexity index is 497. The number of nitrogens with one attached hydrogen (secondary N) is 2. The molecule has 5 nitrogen and oxygen atoms in total. The quantitative estimate of drug-likeness (QED) is 0.860. The Labute approximate surface area is 103 Å². The van der Waals surface area contributed by atoms with E-state index >= 15 is 0 Å². The highest BCUT2D eigenvalue weighted by atomic mass is 32.1. The number of carbonyl (C=O) groups excluding carboxylic acids is 1. The van der Waals surface area contributed by atoms with Crippen LogP contribution in [0.4, 0.5) is 5.00 Å². The summed E-state index contributed by atoms with van der Waals surface area (Å²) in [5.41, 5.74) is 1.48. The van der Waals surface area contributed by atoms with Crippen LogP contribution < -0.4 is 10.6 Å². The van der Waals surface area contributed by atoms with Gasteiger partial charge in [0.15, 0.2) is 5.69 Å². The second kappa shape index (κ2) is 5.40. The zero-order valence-corrected chi connectivity index (χ0v) is 10.1. The van der Waals surface area contributed by atoms with Gasteiger partial charge in [0.1, 0.15) is 5.00 Å². The molecule has 1 aromatic carbocycles. The van der Waals surface area contributed by atoms with Crippen LogP contribution in [0.1, 0.15) is 16.1 Å². The molecule has 6 heteroatoms. The van der Waals surface area contributed by atoms with Crippen LogP contribution >= 0.6 is 11.5 Å². The Kier molecular flexibility index (Phi) is 3.66. The molecule has 0 aliphatic carbocycles. The second-order valence-electron chi connectivity index (χ2n) is 3.37. The summed E-state index contributed by atoms with van der Waals surface area (Å²) in [6.07, 6.45) is 0. The monoisotopic (exact) mass is 248 g/mol. The lowest BCUT2D eigenvalue weighted by Crippen LogP contribution is -2.19. The van der Waals surface area contributed by atoms with Crippen molar-refractivity contribution >= 4 is 22.4 Å². The highest BCUT2D eigenvalue weighted by Crippen LogP contribution is 2.18. The van der Waals surface area contributed by atoms with Gasteiger partial charge >= 0.3 is 0 Å². The maximum atomic E-state index is 11.5. The van der Waals surface area contributed by atoms with Crippen LogP contribution in [-0.4, -0.2) is 22.5 Å². The van der Waals surface area contributed by atoms with Gasteiger partial charge in [-0.2, -0.15) is 0 Å². The summed E-state index contributed by atoms with van der Waals surface area (Å²) >= 11 is 1.18. The van der Waals surface area contributed by atoms with Crippen molar-refractivity contribution in [1.82, 2.24) is 14.9 Å². The average molecular weight is 248 g/mol. The standard InChI is InChI=1S/C11H12N4OS/c1-12-10(16)9-11(17-15-14-9)13-7-8-5-3-2-4-6-8/h2-6,13H,7H2,1H3,(H,12,16). The van der Waals surface area contributed by atoms with Crippen molar-refractivity contribution in [3.05, 3.63) is 41.6 Å². The predicted molar refractivity (Wildman–Crippen MR) is 67.1 cm³/mol. The van der Waals surface area contributed by atoms with Crippen LogP contribution in [0, 0.1) is 0 Å². The predicted octanol–water partition coefficient (Wildman–Crippen LogP) is 1.51. The molecule has 0 spiro atoms. The van der Waals surface area contributed by atoms with Crippen molar-refractivity contribution in [3.63, 3.8) is 0 Å². The summed E-state index contributed by atoms with van der Waals surface area (Å²) < 4.78 is 3.77. The van der Waals surface area contributed by atoms with E-state index in [9.17, 15) is 4.79 Å². The topological polar surface area (TPSA) is 66.9 Å². The maximum Gasteiger partial charge on any atom is 0.274 e. The minimum atomic E-state index is -0.227. The van der Waals surface area contributed by atoms with Gasteiger partial charge in [0.2, 0.25) is 0 Å². The van der Waals surface area contributed by atoms with Crippen LogP contribution in [0.15, 0.2) is 30.3 Å². The third kappa shape index (κ3) is 2.79. The van der Waals surface area contributed by atoms with E-state index in [0.717, 1.165) is 5.56 Å². The van der Waals surface area contributed by atoms with Gasteiger partial charge in [-0.15, -0.1) is 5.10 Å². The van der Waals surface area contributed by atoms with Gasteiger partial charge in [-0.05, 0) is 5.56 Å². The third-order valence-electron chi connectivity index (χ3n) is 2.23. The fourth-order valence-corrected chi connectivity index (χ4v) is 1.91. The Morgan fingerprint density at radius 3 is 2.82 bits per heavy atom. The molecule has 0 unspecified atom stereocenters. The summed E-state index contributed by atoms with van der Waals surface area (Å²) in [5.74, 6) is -0.227. The minimum Gasteiger partial charge on any atom is -0.370 e. The van der Waals surface area contributed by atoms with Crippen LogP contribution in [0.5, 0.6) is 0 Å². The molecule has 0 radical (unpaired) electrons. The van der Waals surface area contributed by atoms with E-state index in [1.54, 1.807) is 7.05 Å². The van der Waals surface area contributed by atoms with Crippen molar-refractivity contribution in [2.75, 3.05) is 12.4 Å². The van der Waals surface area contributed by atoms with E-state index in [4.69, 9.17) is 0 Å². The molecule has 0 saturated heterocycles. The summed E-state index contributed by atoms with van der Waals surface area (Å²) in [6, 6.07) is 9.94. The van der Waals surface area contributed by atoms with E-state index in [-0.39, 0.29) is 5.91 Å². The molecule has 0 atom stereocenters. The Hall–Kier alpha value is -1.95. The van der Waals surface area contributed by atoms with Crippen LogP contribution in [0.25, 0.3) is 0 Å². The Morgan fingerprint density at radius 1 is 1.35 bits per heavy atom. The van der Waals surface area contributed by atoms with Gasteiger partial charge in [-0.1, -0.05) is 34.8 Å². The third-order valence-corrected chi connectivity index (χ3v) is 2.91. The van der Waals surface area contributed by atoms with Crippen LogP contribution in [-0.2, 0) is 6.54 Å². The van der Waals surface area contributed by atoms with Crippen LogP contribution in [0.3, 0.4) is 0 Å². The number of rotatable bonds is 4. The fraction of sp³-hybridized carbons (Fsp3) is 0.182. The first-order chi connectivity index (χ1) is 8.31. The molecule has 2 rings (SSSR count). The van der Waals surface area contributed by atoms with Crippen molar-refractivity contribution in [2.24, 2.45) is 0 Å². The highest BCUT2D eigenvalue weighted by molar-refractivity contribution is 7.10. The normalized spacial score (nSPS) is 9.94. The molecule has 1 amide bonds. The lowest BCUT2D eigenvalue weighted by Gasteiger charge is -2.04. The number of hydrogen-bond donors (Lipinski definition) is 2. The van der Waals surface area contributed by atoms with Crippen molar-refractivity contribution in [3.8, 4) is 0 Å². The van der Waals surface area contributed by atoms with Crippen molar-refractivity contribution < 1.29 is 4.79 Å². The Balaban J connectivity index is 2.05. The average Bonchev–Trinajstić information content (AvgIpc) is 2.85. The number of nitrogens with zero attached hydrogens (tertiary/aromatic N) is 2. The summed E-state index contributed by atoms with van der Waals surface area (Å²) in [7, 11) is 1.57. The van der Waals surface area contributed by atoms with E-state index in [1.165, 1.54) is 11.5 Å². The molecule has 88 valence electrons. The van der Waals surface area contributed by atoms with Gasteiger partial charge in [-0.25, -0.2) is 0 Å². The van der Waals surface area contributed by atoms with Gasteiger partial charge in [0.05, 0.1) is 0 Å².